The van der Waals surface area contributed by atoms with Gasteiger partial charge in [0, 0.05) is 5.39 Å². The predicted octanol–water partition coefficient (Wildman–Crippen LogP) is 3.25. The van der Waals surface area contributed by atoms with Gasteiger partial charge in [-0.25, -0.2) is 4.79 Å². The highest BCUT2D eigenvalue weighted by molar-refractivity contribution is 7.88. The molecule has 2 aromatic carbocycles. The molecule has 0 saturated carbocycles. The number of nitrogens with one attached hydrogen (secondary N) is 1. The lowest BCUT2D eigenvalue weighted by atomic mass is 10.1. The first-order valence-corrected chi connectivity index (χ1v) is 7.43. The van der Waals surface area contributed by atoms with Crippen molar-refractivity contribution in [3.8, 4) is 5.75 Å². The smallest absolute Gasteiger partial charge is 0.453 e. The van der Waals surface area contributed by atoms with Crippen molar-refractivity contribution in [2.24, 2.45) is 0 Å². The monoisotopic (exact) mass is 349 g/mol. The van der Waals surface area contributed by atoms with Crippen LogP contribution >= 0.6 is 0 Å². The fourth-order valence-corrected chi connectivity index (χ4v) is 2.20. The average Bonchev–Trinajstić information content (AvgIpc) is 2.46. The predicted molar refractivity (Wildman–Crippen MR) is 75.6 cm³/mol. The van der Waals surface area contributed by atoms with Crippen LogP contribution in [0.4, 0.5) is 23.7 Å². The summed E-state index contributed by atoms with van der Waals surface area (Å²) in [6, 6.07) is 8.21. The minimum Gasteiger partial charge on any atom is -0.453 e. The summed E-state index contributed by atoms with van der Waals surface area (Å²) < 4.78 is 67.6. The van der Waals surface area contributed by atoms with Crippen molar-refractivity contribution in [3.05, 3.63) is 36.4 Å². The van der Waals surface area contributed by atoms with E-state index in [4.69, 9.17) is 0 Å². The van der Waals surface area contributed by atoms with Crippen molar-refractivity contribution in [2.45, 2.75) is 5.51 Å². The summed E-state index contributed by atoms with van der Waals surface area (Å²) in [5.74, 6) is -0.533. The zero-order chi connectivity index (χ0) is 17.3. The van der Waals surface area contributed by atoms with Gasteiger partial charge in [0.1, 0.15) is 5.75 Å². The molecule has 0 aliphatic heterocycles. The van der Waals surface area contributed by atoms with Crippen LogP contribution in [0.5, 0.6) is 5.75 Å². The van der Waals surface area contributed by atoms with E-state index in [-0.39, 0.29) is 11.1 Å². The second-order valence-electron chi connectivity index (χ2n) is 4.29. The minimum absolute atomic E-state index is 0.226. The average molecular weight is 349 g/mol. The van der Waals surface area contributed by atoms with Crippen LogP contribution in [0.25, 0.3) is 10.8 Å². The van der Waals surface area contributed by atoms with Crippen molar-refractivity contribution in [2.75, 3.05) is 12.4 Å². The molecule has 0 heterocycles. The second-order valence-corrected chi connectivity index (χ2v) is 5.83. The minimum atomic E-state index is -5.77. The summed E-state index contributed by atoms with van der Waals surface area (Å²) in [7, 11) is -4.63. The molecule has 6 nitrogen and oxygen atoms in total. The van der Waals surface area contributed by atoms with Crippen LogP contribution in [0.3, 0.4) is 0 Å². The third-order valence-electron chi connectivity index (χ3n) is 2.77. The van der Waals surface area contributed by atoms with Crippen LogP contribution in [-0.2, 0) is 14.9 Å². The van der Waals surface area contributed by atoms with E-state index < -0.39 is 27.5 Å². The van der Waals surface area contributed by atoms with Gasteiger partial charge < -0.3 is 8.92 Å². The third-order valence-corrected chi connectivity index (χ3v) is 3.74. The summed E-state index contributed by atoms with van der Waals surface area (Å²) in [5, 5.41) is 3.20. The molecule has 2 rings (SSSR count). The Morgan fingerprint density at radius 3 is 2.48 bits per heavy atom. The lowest BCUT2D eigenvalue weighted by Crippen LogP contribution is -2.28. The maximum absolute atomic E-state index is 12.3. The molecule has 0 spiro atoms. The summed E-state index contributed by atoms with van der Waals surface area (Å²) >= 11 is 0. The Morgan fingerprint density at radius 1 is 1.17 bits per heavy atom. The van der Waals surface area contributed by atoms with E-state index >= 15 is 0 Å². The lowest BCUT2D eigenvalue weighted by Gasteiger charge is -2.12. The molecule has 0 saturated heterocycles. The molecule has 2 aromatic rings. The Bertz CT molecular complexity index is 848. The molecule has 0 atom stereocenters. The van der Waals surface area contributed by atoms with Crippen molar-refractivity contribution < 1.29 is 35.3 Å². The van der Waals surface area contributed by atoms with Gasteiger partial charge in [-0.15, -0.1) is 0 Å². The molecule has 0 aliphatic carbocycles. The molecule has 0 fully saturated rings. The Balaban J connectivity index is 2.45. The number of anilines is 1. The normalized spacial score (nSPS) is 12.0. The first-order chi connectivity index (χ1) is 10.6. The van der Waals surface area contributed by atoms with E-state index in [1.807, 2.05) is 0 Å². The Hall–Kier alpha value is -2.49. The van der Waals surface area contributed by atoms with Gasteiger partial charge in [-0.05, 0) is 23.6 Å². The van der Waals surface area contributed by atoms with Gasteiger partial charge in [0.2, 0.25) is 0 Å². The number of ether oxygens (including phenoxy) is 1. The van der Waals surface area contributed by atoms with Gasteiger partial charge in [0.15, 0.2) is 0 Å². The van der Waals surface area contributed by atoms with Crippen LogP contribution < -0.4 is 9.50 Å². The van der Waals surface area contributed by atoms with Gasteiger partial charge in [0.05, 0.1) is 12.8 Å². The van der Waals surface area contributed by atoms with Gasteiger partial charge in [-0.3, -0.25) is 5.32 Å². The SMILES string of the molecule is COC(=O)Nc1cccc2ccc(OS(=O)(=O)C(F)(F)F)cc12. The van der Waals surface area contributed by atoms with Crippen LogP contribution in [0.15, 0.2) is 36.4 Å². The van der Waals surface area contributed by atoms with Crippen molar-refractivity contribution >= 4 is 32.7 Å². The van der Waals surface area contributed by atoms with Crippen LogP contribution in [0.1, 0.15) is 0 Å². The first kappa shape index (κ1) is 16.9. The first-order valence-electron chi connectivity index (χ1n) is 6.02. The molecule has 0 aliphatic rings. The summed E-state index contributed by atoms with van der Waals surface area (Å²) in [6.07, 6.45) is -0.785. The van der Waals surface area contributed by atoms with E-state index in [9.17, 15) is 26.4 Å². The molecule has 0 radical (unpaired) electrons. The molecule has 0 unspecified atom stereocenters. The number of hydrogen-bond acceptors (Lipinski definition) is 5. The summed E-state index contributed by atoms with van der Waals surface area (Å²) in [6.45, 7) is 0. The maximum atomic E-state index is 12.3. The zero-order valence-corrected chi connectivity index (χ0v) is 12.4. The largest absolute Gasteiger partial charge is 0.534 e. The van der Waals surface area contributed by atoms with Crippen LogP contribution in [0.2, 0.25) is 0 Å². The van der Waals surface area contributed by atoms with Crippen LogP contribution in [-0.4, -0.2) is 27.1 Å². The number of rotatable bonds is 3. The number of fused-ring (bicyclic) bond motifs is 1. The van der Waals surface area contributed by atoms with E-state index in [2.05, 4.69) is 14.2 Å². The molecule has 10 heteroatoms. The van der Waals surface area contributed by atoms with Crippen molar-refractivity contribution in [1.29, 1.82) is 0 Å². The summed E-state index contributed by atoms with van der Waals surface area (Å²) in [4.78, 5) is 11.3. The number of carbonyl (C=O) groups excluding carboxylic acids is 1. The number of halogens is 3. The maximum Gasteiger partial charge on any atom is 0.534 e. The third kappa shape index (κ3) is 3.65. The van der Waals surface area contributed by atoms with Crippen molar-refractivity contribution in [1.82, 2.24) is 0 Å². The highest BCUT2D eigenvalue weighted by Gasteiger charge is 2.48. The Morgan fingerprint density at radius 2 is 1.87 bits per heavy atom. The van der Waals surface area contributed by atoms with E-state index in [1.54, 1.807) is 12.1 Å². The fraction of sp³-hybridized carbons (Fsp3) is 0.154. The standard InChI is InChI=1S/C13H10F3NO5S/c1-21-12(18)17-11-4-2-3-8-5-6-9(7-10(8)11)22-23(19,20)13(14,15)16/h2-7H,1H3,(H,17,18). The quantitative estimate of drug-likeness (QED) is 0.679. The molecule has 124 valence electrons. The van der Waals surface area contributed by atoms with Crippen molar-refractivity contribution in [3.63, 3.8) is 0 Å². The molecule has 0 bridgehead atoms. The fourth-order valence-electron chi connectivity index (χ4n) is 1.75. The molecule has 23 heavy (non-hydrogen) atoms. The Kier molecular flexibility index (Phi) is 4.37. The lowest BCUT2D eigenvalue weighted by molar-refractivity contribution is -0.0500. The number of amides is 1. The second kappa shape index (κ2) is 5.95. The van der Waals surface area contributed by atoms with Crippen LogP contribution in [0, 0.1) is 0 Å². The van der Waals surface area contributed by atoms with Gasteiger partial charge in [-0.2, -0.15) is 21.6 Å². The summed E-state index contributed by atoms with van der Waals surface area (Å²) in [5.41, 5.74) is -5.31. The highest BCUT2D eigenvalue weighted by atomic mass is 32.2. The number of hydrogen-bond donors (Lipinski definition) is 1. The molecule has 0 aromatic heterocycles. The Labute approximate surface area is 128 Å². The van der Waals surface area contributed by atoms with E-state index in [1.165, 1.54) is 12.1 Å². The molecule has 1 N–H and O–H groups in total. The zero-order valence-electron chi connectivity index (χ0n) is 11.5. The highest BCUT2D eigenvalue weighted by Crippen LogP contribution is 2.31. The molecular formula is C13H10F3NO5S. The number of alkyl halides is 3. The number of methoxy groups -OCH3 is 1. The van der Waals surface area contributed by atoms with E-state index in [0.717, 1.165) is 19.2 Å². The number of benzene rings is 2. The van der Waals surface area contributed by atoms with E-state index in [0.29, 0.717) is 5.39 Å². The van der Waals surface area contributed by atoms with Gasteiger partial charge in [-0.1, -0.05) is 18.2 Å². The topological polar surface area (TPSA) is 81.7 Å². The van der Waals surface area contributed by atoms with Gasteiger partial charge in [0.25, 0.3) is 0 Å². The molecule has 1 amide bonds. The molecular weight excluding hydrogens is 339 g/mol. The van der Waals surface area contributed by atoms with Gasteiger partial charge >= 0.3 is 21.7 Å². The number of carbonyl (C=O) groups is 1.